The van der Waals surface area contributed by atoms with Gasteiger partial charge in [0, 0.05) is 35.3 Å². The lowest BCUT2D eigenvalue weighted by atomic mass is 9.80. The summed E-state index contributed by atoms with van der Waals surface area (Å²) in [6.07, 6.45) is 6.15. The minimum atomic E-state index is 0.157. The van der Waals surface area contributed by atoms with Crippen molar-refractivity contribution < 1.29 is 0 Å². The third-order valence-corrected chi connectivity index (χ3v) is 6.18. The molecular weight excluding hydrogens is 366 g/mol. The Bertz CT molecular complexity index is 1260. The molecule has 0 radical (unpaired) electrons. The predicted molar refractivity (Wildman–Crippen MR) is 121 cm³/mol. The molecule has 0 saturated carbocycles. The monoisotopic (exact) mass is 387 g/mol. The van der Waals surface area contributed by atoms with Crippen LogP contribution in [0.2, 0.25) is 0 Å². The number of fused-ring (bicyclic) bond motifs is 6. The van der Waals surface area contributed by atoms with Gasteiger partial charge < -0.3 is 4.90 Å². The van der Waals surface area contributed by atoms with Crippen molar-refractivity contribution in [3.05, 3.63) is 120 Å². The molecule has 2 aromatic heterocycles. The number of aromatic nitrogens is 2. The molecule has 4 aromatic rings. The molecule has 144 valence electrons. The van der Waals surface area contributed by atoms with Crippen LogP contribution >= 0.6 is 0 Å². The van der Waals surface area contributed by atoms with Crippen LogP contribution in [-0.4, -0.2) is 9.97 Å². The SMILES string of the molecule is Cc1ccc(C2=CC3c4cccnc4-c4ncccc4C3N2c2ccccc2)cc1. The van der Waals surface area contributed by atoms with Crippen LogP contribution in [0.4, 0.5) is 5.69 Å². The lowest BCUT2D eigenvalue weighted by Gasteiger charge is -2.37. The number of hydrogen-bond donors (Lipinski definition) is 0. The van der Waals surface area contributed by atoms with E-state index in [2.05, 4.69) is 84.6 Å². The van der Waals surface area contributed by atoms with Crippen LogP contribution in [0.15, 0.2) is 97.3 Å². The zero-order valence-electron chi connectivity index (χ0n) is 16.7. The van der Waals surface area contributed by atoms with Crippen molar-refractivity contribution in [2.24, 2.45) is 0 Å². The Balaban J connectivity index is 1.62. The third-order valence-electron chi connectivity index (χ3n) is 6.18. The Morgan fingerprint density at radius 3 is 2.10 bits per heavy atom. The molecule has 2 aliphatic rings. The Morgan fingerprint density at radius 2 is 1.37 bits per heavy atom. The van der Waals surface area contributed by atoms with Crippen LogP contribution in [0.25, 0.3) is 17.1 Å². The van der Waals surface area contributed by atoms with Crippen molar-refractivity contribution in [1.82, 2.24) is 9.97 Å². The molecule has 2 unspecified atom stereocenters. The molecule has 0 saturated heterocycles. The molecule has 0 fully saturated rings. The fourth-order valence-corrected chi connectivity index (χ4v) is 4.83. The van der Waals surface area contributed by atoms with E-state index in [1.54, 1.807) is 0 Å². The van der Waals surface area contributed by atoms with Crippen LogP contribution in [0.3, 0.4) is 0 Å². The first-order valence-electron chi connectivity index (χ1n) is 10.3. The third kappa shape index (κ3) is 2.52. The molecule has 2 atom stereocenters. The van der Waals surface area contributed by atoms with E-state index in [0.29, 0.717) is 0 Å². The standard InChI is InChI=1S/C27H21N3/c1-18-11-13-19(14-12-18)24-17-23-21-9-5-15-28-25(21)26-22(10-6-16-29-26)27(23)30(24)20-7-3-2-4-8-20/h2-17,23,27H,1H3. The molecular formula is C27H21N3. The quantitative estimate of drug-likeness (QED) is 0.413. The van der Waals surface area contributed by atoms with Gasteiger partial charge in [-0.2, -0.15) is 0 Å². The molecule has 0 bridgehead atoms. The highest BCUT2D eigenvalue weighted by molar-refractivity contribution is 5.87. The first-order valence-corrected chi connectivity index (χ1v) is 10.3. The summed E-state index contributed by atoms with van der Waals surface area (Å²) in [4.78, 5) is 11.9. The fourth-order valence-electron chi connectivity index (χ4n) is 4.83. The summed E-state index contributed by atoms with van der Waals surface area (Å²) in [5.74, 6) is 0.224. The minimum absolute atomic E-state index is 0.157. The van der Waals surface area contributed by atoms with Crippen molar-refractivity contribution in [1.29, 1.82) is 0 Å². The average Bonchev–Trinajstić information content (AvgIpc) is 3.21. The highest BCUT2D eigenvalue weighted by atomic mass is 15.2. The highest BCUT2D eigenvalue weighted by Crippen LogP contribution is 2.55. The minimum Gasteiger partial charge on any atom is -0.333 e. The fraction of sp³-hybridized carbons (Fsp3) is 0.111. The van der Waals surface area contributed by atoms with Crippen molar-refractivity contribution in [3.63, 3.8) is 0 Å². The number of rotatable bonds is 2. The van der Waals surface area contributed by atoms with E-state index in [9.17, 15) is 0 Å². The van der Waals surface area contributed by atoms with Crippen LogP contribution in [0.1, 0.15) is 34.2 Å². The van der Waals surface area contributed by atoms with E-state index >= 15 is 0 Å². The second kappa shape index (κ2) is 6.67. The first-order chi connectivity index (χ1) is 14.8. The lowest BCUT2D eigenvalue weighted by Crippen LogP contribution is -2.29. The molecule has 0 N–H and O–H groups in total. The first kappa shape index (κ1) is 17.2. The summed E-state index contributed by atoms with van der Waals surface area (Å²) in [6, 6.07) is 28.1. The van der Waals surface area contributed by atoms with Crippen molar-refractivity contribution in [3.8, 4) is 11.4 Å². The number of anilines is 1. The molecule has 2 aromatic carbocycles. The van der Waals surface area contributed by atoms with Crippen LogP contribution in [-0.2, 0) is 0 Å². The summed E-state index contributed by atoms with van der Waals surface area (Å²) in [7, 11) is 0. The highest BCUT2D eigenvalue weighted by Gasteiger charge is 2.43. The van der Waals surface area contributed by atoms with Gasteiger partial charge >= 0.3 is 0 Å². The van der Waals surface area contributed by atoms with Gasteiger partial charge in [0.1, 0.15) is 0 Å². The van der Waals surface area contributed by atoms with E-state index in [4.69, 9.17) is 9.97 Å². The number of nitrogens with zero attached hydrogens (tertiary/aromatic N) is 3. The largest absolute Gasteiger partial charge is 0.333 e. The maximum absolute atomic E-state index is 4.75. The maximum Gasteiger partial charge on any atom is 0.0942 e. The molecule has 6 rings (SSSR count). The molecule has 30 heavy (non-hydrogen) atoms. The van der Waals surface area contributed by atoms with Gasteiger partial charge in [0.2, 0.25) is 0 Å². The van der Waals surface area contributed by atoms with E-state index < -0.39 is 0 Å². The average molecular weight is 387 g/mol. The zero-order valence-corrected chi connectivity index (χ0v) is 16.7. The molecule has 3 heterocycles. The lowest BCUT2D eigenvalue weighted by molar-refractivity contribution is 0.648. The second-order valence-corrected chi connectivity index (χ2v) is 7.98. The van der Waals surface area contributed by atoms with Gasteiger partial charge in [-0.05, 0) is 42.3 Å². The molecule has 0 amide bonds. The van der Waals surface area contributed by atoms with Crippen LogP contribution in [0, 0.1) is 6.92 Å². The maximum atomic E-state index is 4.75. The Hall–Kier alpha value is -3.72. The Morgan fingerprint density at radius 1 is 0.700 bits per heavy atom. The van der Waals surface area contributed by atoms with Crippen molar-refractivity contribution >= 4 is 11.4 Å². The van der Waals surface area contributed by atoms with Crippen molar-refractivity contribution in [2.75, 3.05) is 4.90 Å². The van der Waals surface area contributed by atoms with Gasteiger partial charge in [-0.1, -0.05) is 66.2 Å². The topological polar surface area (TPSA) is 29.0 Å². The Labute approximate surface area is 176 Å². The van der Waals surface area contributed by atoms with Gasteiger partial charge in [0.05, 0.1) is 17.4 Å². The van der Waals surface area contributed by atoms with E-state index in [1.807, 2.05) is 24.5 Å². The molecule has 3 nitrogen and oxygen atoms in total. The molecule has 3 heteroatoms. The van der Waals surface area contributed by atoms with E-state index in [1.165, 1.54) is 33.6 Å². The normalized spacial score (nSPS) is 19.0. The zero-order chi connectivity index (χ0) is 20.1. The van der Waals surface area contributed by atoms with Gasteiger partial charge in [-0.15, -0.1) is 0 Å². The molecule has 1 aliphatic carbocycles. The van der Waals surface area contributed by atoms with Crippen molar-refractivity contribution in [2.45, 2.75) is 18.9 Å². The van der Waals surface area contributed by atoms with Gasteiger partial charge in [0.15, 0.2) is 0 Å². The summed E-state index contributed by atoms with van der Waals surface area (Å²) >= 11 is 0. The van der Waals surface area contributed by atoms with Gasteiger partial charge in [-0.3, -0.25) is 9.97 Å². The van der Waals surface area contributed by atoms with Gasteiger partial charge in [-0.25, -0.2) is 0 Å². The summed E-state index contributed by atoms with van der Waals surface area (Å²) < 4.78 is 0. The van der Waals surface area contributed by atoms with Crippen LogP contribution in [0.5, 0.6) is 0 Å². The smallest absolute Gasteiger partial charge is 0.0942 e. The Kier molecular flexibility index (Phi) is 3.81. The molecule has 1 aliphatic heterocycles. The van der Waals surface area contributed by atoms with Gasteiger partial charge in [0.25, 0.3) is 0 Å². The second-order valence-electron chi connectivity index (χ2n) is 7.98. The number of benzene rings is 2. The predicted octanol–water partition coefficient (Wildman–Crippen LogP) is 6.15. The summed E-state index contributed by atoms with van der Waals surface area (Å²) in [6.45, 7) is 2.13. The van der Waals surface area contributed by atoms with E-state index in [0.717, 1.165) is 11.4 Å². The number of pyridine rings is 2. The van der Waals surface area contributed by atoms with E-state index in [-0.39, 0.29) is 12.0 Å². The summed E-state index contributed by atoms with van der Waals surface area (Å²) in [5.41, 5.74) is 9.41. The number of hydrogen-bond acceptors (Lipinski definition) is 3. The number of aryl methyl sites for hydroxylation is 1. The summed E-state index contributed by atoms with van der Waals surface area (Å²) in [5, 5.41) is 0. The van der Waals surface area contributed by atoms with Crippen LogP contribution < -0.4 is 4.90 Å². The number of para-hydroxylation sites is 1. The molecule has 0 spiro atoms.